The van der Waals surface area contributed by atoms with Crippen molar-refractivity contribution in [2.24, 2.45) is 0 Å². The SMILES string of the molecule is COc1ccc(OCC(=O)c2ccc(I)cc2)c([N+](=O)[O-])c1. The lowest BCUT2D eigenvalue weighted by molar-refractivity contribution is -0.385. The number of nitro groups is 1. The molecule has 2 aromatic rings. The molecule has 0 aliphatic rings. The van der Waals surface area contributed by atoms with Crippen LogP contribution in [0.1, 0.15) is 10.4 Å². The van der Waals surface area contributed by atoms with Gasteiger partial charge in [0.2, 0.25) is 0 Å². The molecule has 6 nitrogen and oxygen atoms in total. The first-order chi connectivity index (χ1) is 10.5. The number of nitro benzene ring substituents is 1. The normalized spacial score (nSPS) is 10.1. The third kappa shape index (κ3) is 3.94. The lowest BCUT2D eigenvalue weighted by Crippen LogP contribution is -2.12. The molecule has 0 aliphatic carbocycles. The maximum Gasteiger partial charge on any atom is 0.314 e. The minimum atomic E-state index is -0.576. The summed E-state index contributed by atoms with van der Waals surface area (Å²) in [6.07, 6.45) is 0. The van der Waals surface area contributed by atoms with Crippen LogP contribution in [0, 0.1) is 13.7 Å². The Kier molecular flexibility index (Phi) is 5.31. The van der Waals surface area contributed by atoms with Crippen LogP contribution in [-0.2, 0) is 0 Å². The van der Waals surface area contributed by atoms with Gasteiger partial charge in [-0.3, -0.25) is 14.9 Å². The van der Waals surface area contributed by atoms with E-state index < -0.39 is 4.92 Å². The van der Waals surface area contributed by atoms with Crippen LogP contribution < -0.4 is 9.47 Å². The summed E-state index contributed by atoms with van der Waals surface area (Å²) < 4.78 is 11.2. The summed E-state index contributed by atoms with van der Waals surface area (Å²) >= 11 is 2.14. The van der Waals surface area contributed by atoms with Gasteiger partial charge >= 0.3 is 5.69 Å². The summed E-state index contributed by atoms with van der Waals surface area (Å²) in [5.41, 5.74) is 0.256. The standard InChI is InChI=1S/C15H12INO5/c1-21-12-6-7-15(13(8-12)17(19)20)22-9-14(18)10-2-4-11(16)5-3-10/h2-8H,9H2,1H3. The molecule has 0 unspecified atom stereocenters. The Morgan fingerprint density at radius 1 is 1.23 bits per heavy atom. The van der Waals surface area contributed by atoms with E-state index in [1.165, 1.54) is 25.3 Å². The predicted octanol–water partition coefficient (Wildman–Crippen LogP) is 3.47. The number of Topliss-reactive ketones (excluding diaryl/α,β-unsaturated/α-hetero) is 1. The van der Waals surface area contributed by atoms with Crippen molar-refractivity contribution >= 4 is 34.1 Å². The smallest absolute Gasteiger partial charge is 0.314 e. The van der Waals surface area contributed by atoms with Crippen molar-refractivity contribution < 1.29 is 19.2 Å². The van der Waals surface area contributed by atoms with Crippen molar-refractivity contribution in [3.05, 3.63) is 61.7 Å². The van der Waals surface area contributed by atoms with Crippen molar-refractivity contribution in [1.29, 1.82) is 0 Å². The molecule has 0 aromatic heterocycles. The number of benzene rings is 2. The predicted molar refractivity (Wildman–Crippen MR) is 88.6 cm³/mol. The summed E-state index contributed by atoms with van der Waals surface area (Å²) in [5, 5.41) is 11.0. The van der Waals surface area contributed by atoms with Crippen LogP contribution in [0.4, 0.5) is 5.69 Å². The summed E-state index contributed by atoms with van der Waals surface area (Å²) in [6.45, 7) is -0.270. The molecule has 0 aliphatic heterocycles. The molecule has 0 fully saturated rings. The Morgan fingerprint density at radius 3 is 2.50 bits per heavy atom. The van der Waals surface area contributed by atoms with Crippen LogP contribution >= 0.6 is 22.6 Å². The minimum absolute atomic E-state index is 0.0321. The Hall–Kier alpha value is -2.16. The van der Waals surface area contributed by atoms with E-state index in [0.29, 0.717) is 11.3 Å². The van der Waals surface area contributed by atoms with Crippen LogP contribution in [-0.4, -0.2) is 24.4 Å². The summed E-state index contributed by atoms with van der Waals surface area (Å²) in [4.78, 5) is 22.5. The largest absolute Gasteiger partial charge is 0.496 e. The van der Waals surface area contributed by atoms with Crippen molar-refractivity contribution in [2.45, 2.75) is 0 Å². The summed E-state index contributed by atoms with van der Waals surface area (Å²) in [6, 6.07) is 11.2. The van der Waals surface area contributed by atoms with Gasteiger partial charge in [-0.1, -0.05) is 12.1 Å². The van der Waals surface area contributed by atoms with Gasteiger partial charge < -0.3 is 9.47 Å². The zero-order valence-corrected chi connectivity index (χ0v) is 13.8. The second kappa shape index (κ2) is 7.21. The number of hydrogen-bond acceptors (Lipinski definition) is 5. The lowest BCUT2D eigenvalue weighted by Gasteiger charge is -2.07. The van der Waals surface area contributed by atoms with Crippen LogP contribution in [0.5, 0.6) is 11.5 Å². The van der Waals surface area contributed by atoms with Crippen LogP contribution in [0.15, 0.2) is 42.5 Å². The highest BCUT2D eigenvalue weighted by atomic mass is 127. The van der Waals surface area contributed by atoms with Gasteiger partial charge in [0.25, 0.3) is 0 Å². The Morgan fingerprint density at radius 2 is 1.91 bits per heavy atom. The molecule has 2 rings (SSSR count). The van der Waals surface area contributed by atoms with Gasteiger partial charge in [-0.25, -0.2) is 0 Å². The van der Waals surface area contributed by atoms with E-state index in [4.69, 9.17) is 9.47 Å². The first kappa shape index (κ1) is 16.2. The Labute approximate surface area is 140 Å². The molecule has 2 aromatic carbocycles. The summed E-state index contributed by atoms with van der Waals surface area (Å²) in [7, 11) is 1.42. The first-order valence-corrected chi connectivity index (χ1v) is 7.33. The van der Waals surface area contributed by atoms with Crippen molar-refractivity contribution in [3.8, 4) is 11.5 Å². The van der Waals surface area contributed by atoms with Gasteiger partial charge in [-0.2, -0.15) is 0 Å². The highest BCUT2D eigenvalue weighted by molar-refractivity contribution is 14.1. The van der Waals surface area contributed by atoms with Gasteiger partial charge in [0.05, 0.1) is 18.1 Å². The van der Waals surface area contributed by atoms with E-state index in [1.807, 2.05) is 12.1 Å². The van der Waals surface area contributed by atoms with Crippen LogP contribution in [0.2, 0.25) is 0 Å². The van der Waals surface area contributed by atoms with Crippen LogP contribution in [0.25, 0.3) is 0 Å². The van der Waals surface area contributed by atoms with Crippen molar-refractivity contribution in [3.63, 3.8) is 0 Å². The van der Waals surface area contributed by atoms with E-state index in [9.17, 15) is 14.9 Å². The number of rotatable bonds is 6. The number of ether oxygens (including phenoxy) is 2. The maximum absolute atomic E-state index is 12.0. The molecular weight excluding hydrogens is 401 g/mol. The minimum Gasteiger partial charge on any atom is -0.496 e. The number of ketones is 1. The van der Waals surface area contributed by atoms with E-state index in [2.05, 4.69) is 22.6 Å². The molecular formula is C15H12INO5. The fourth-order valence-corrected chi connectivity index (χ4v) is 2.11. The molecule has 0 spiro atoms. The lowest BCUT2D eigenvalue weighted by atomic mass is 10.1. The molecule has 0 N–H and O–H groups in total. The molecule has 0 saturated heterocycles. The zero-order valence-electron chi connectivity index (χ0n) is 11.6. The van der Waals surface area contributed by atoms with Gasteiger partial charge in [-0.15, -0.1) is 0 Å². The number of hydrogen-bond donors (Lipinski definition) is 0. The number of nitrogens with zero attached hydrogens (tertiary/aromatic N) is 1. The maximum atomic E-state index is 12.0. The zero-order chi connectivity index (χ0) is 16.1. The van der Waals surface area contributed by atoms with Gasteiger partial charge in [0.15, 0.2) is 18.1 Å². The highest BCUT2D eigenvalue weighted by Crippen LogP contribution is 2.31. The molecule has 114 valence electrons. The average molecular weight is 413 g/mol. The molecule has 22 heavy (non-hydrogen) atoms. The van der Waals surface area contributed by atoms with Gasteiger partial charge in [0.1, 0.15) is 5.75 Å². The summed E-state index contributed by atoms with van der Waals surface area (Å²) in [5.74, 6) is 0.134. The van der Waals surface area contributed by atoms with E-state index in [1.54, 1.807) is 12.1 Å². The molecule has 0 bridgehead atoms. The number of methoxy groups -OCH3 is 1. The molecule has 0 atom stereocenters. The highest BCUT2D eigenvalue weighted by Gasteiger charge is 2.18. The molecule has 0 radical (unpaired) electrons. The third-order valence-corrected chi connectivity index (χ3v) is 3.61. The van der Waals surface area contributed by atoms with E-state index >= 15 is 0 Å². The van der Waals surface area contributed by atoms with E-state index in [-0.39, 0.29) is 23.8 Å². The quantitative estimate of drug-likeness (QED) is 0.314. The Balaban J connectivity index is 2.12. The molecule has 7 heteroatoms. The second-order valence-corrected chi connectivity index (χ2v) is 5.56. The molecule has 0 saturated carbocycles. The van der Waals surface area contributed by atoms with Crippen LogP contribution in [0.3, 0.4) is 0 Å². The molecule has 0 amide bonds. The van der Waals surface area contributed by atoms with Gasteiger partial charge in [-0.05, 0) is 46.9 Å². The topological polar surface area (TPSA) is 78.7 Å². The first-order valence-electron chi connectivity index (χ1n) is 6.25. The number of halogens is 1. The van der Waals surface area contributed by atoms with Gasteiger partial charge in [0, 0.05) is 9.13 Å². The number of carbonyl (C=O) groups is 1. The fourth-order valence-electron chi connectivity index (χ4n) is 1.75. The van der Waals surface area contributed by atoms with Crippen molar-refractivity contribution in [1.82, 2.24) is 0 Å². The molecule has 0 heterocycles. The fraction of sp³-hybridized carbons (Fsp3) is 0.133. The Bertz CT molecular complexity index is 700. The second-order valence-electron chi connectivity index (χ2n) is 4.31. The van der Waals surface area contributed by atoms with E-state index in [0.717, 1.165) is 3.57 Å². The third-order valence-electron chi connectivity index (χ3n) is 2.89. The monoisotopic (exact) mass is 413 g/mol. The average Bonchev–Trinajstić information content (AvgIpc) is 2.53. The van der Waals surface area contributed by atoms with Crippen molar-refractivity contribution in [2.75, 3.05) is 13.7 Å². The number of carbonyl (C=O) groups excluding carboxylic acids is 1.